The largest absolute Gasteiger partial charge is 0.445 e. The third-order valence-electron chi connectivity index (χ3n) is 7.72. The monoisotopic (exact) mass is 438 g/mol. The maximum Gasteiger partial charge on any atom is 0.410 e. The Kier molecular flexibility index (Phi) is 5.01. The van der Waals surface area contributed by atoms with Crippen molar-refractivity contribution in [3.8, 4) is 0 Å². The fraction of sp³-hybridized carbons (Fsp3) is 0.708. The molecule has 3 atom stereocenters. The summed E-state index contributed by atoms with van der Waals surface area (Å²) < 4.78 is 7.78. The van der Waals surface area contributed by atoms with Gasteiger partial charge in [0.05, 0.1) is 6.20 Å². The van der Waals surface area contributed by atoms with E-state index >= 15 is 0 Å². The van der Waals surface area contributed by atoms with Crippen molar-refractivity contribution < 1.29 is 9.53 Å². The van der Waals surface area contributed by atoms with Crippen molar-refractivity contribution in [2.45, 2.75) is 94.9 Å². The van der Waals surface area contributed by atoms with Gasteiger partial charge in [-0.3, -0.25) is 0 Å². The van der Waals surface area contributed by atoms with Gasteiger partial charge in [-0.15, -0.1) is 0 Å². The predicted octanol–water partition coefficient (Wildman–Crippen LogP) is 3.64. The van der Waals surface area contributed by atoms with E-state index in [0.717, 1.165) is 56.7 Å². The van der Waals surface area contributed by atoms with Gasteiger partial charge in [-0.1, -0.05) is 13.8 Å². The Labute approximate surface area is 189 Å². The summed E-state index contributed by atoms with van der Waals surface area (Å²) in [6, 6.07) is 3.06. The number of nitrogens with zero attached hydrogens (tertiary/aromatic N) is 4. The Balaban J connectivity index is 1.20. The van der Waals surface area contributed by atoms with Crippen molar-refractivity contribution in [1.29, 1.82) is 0 Å². The first-order valence-electron chi connectivity index (χ1n) is 12.4. The summed E-state index contributed by atoms with van der Waals surface area (Å²) in [7, 11) is 0. The van der Waals surface area contributed by atoms with Gasteiger partial charge in [0.25, 0.3) is 0 Å². The first-order valence-corrected chi connectivity index (χ1v) is 12.4. The molecule has 5 heterocycles. The van der Waals surface area contributed by atoms with E-state index in [4.69, 9.17) is 9.72 Å². The fourth-order valence-corrected chi connectivity index (χ4v) is 5.83. The van der Waals surface area contributed by atoms with Crippen LogP contribution >= 0.6 is 0 Å². The van der Waals surface area contributed by atoms with Crippen LogP contribution in [-0.4, -0.2) is 62.9 Å². The van der Waals surface area contributed by atoms with Gasteiger partial charge in [0.15, 0.2) is 5.65 Å². The molecule has 2 bridgehead atoms. The van der Waals surface area contributed by atoms with Crippen LogP contribution in [0.5, 0.6) is 0 Å². The molecular formula is C24H34N6O2. The molecule has 3 saturated heterocycles. The number of amides is 1. The number of anilines is 1. The van der Waals surface area contributed by atoms with Gasteiger partial charge in [-0.05, 0) is 57.4 Å². The number of carbonyl (C=O) groups is 1. The van der Waals surface area contributed by atoms with Crippen LogP contribution in [0.2, 0.25) is 0 Å². The molecule has 172 valence electrons. The quantitative estimate of drug-likeness (QED) is 0.742. The van der Waals surface area contributed by atoms with E-state index in [-0.39, 0.29) is 24.3 Å². The van der Waals surface area contributed by atoms with Gasteiger partial charge in [-0.25, -0.2) is 9.78 Å². The molecule has 8 nitrogen and oxygen atoms in total. The van der Waals surface area contributed by atoms with Crippen LogP contribution in [0.3, 0.4) is 0 Å². The van der Waals surface area contributed by atoms with Crippen molar-refractivity contribution in [2.24, 2.45) is 0 Å². The van der Waals surface area contributed by atoms with E-state index in [1.165, 1.54) is 24.1 Å². The Morgan fingerprint density at radius 3 is 2.62 bits per heavy atom. The van der Waals surface area contributed by atoms with E-state index in [1.807, 2.05) is 15.6 Å². The summed E-state index contributed by atoms with van der Waals surface area (Å²) in [6.07, 6.45) is 9.31. The van der Waals surface area contributed by atoms with Gasteiger partial charge >= 0.3 is 6.09 Å². The maximum absolute atomic E-state index is 12.9. The molecule has 1 amide bonds. The lowest BCUT2D eigenvalue weighted by molar-refractivity contribution is 0.0434. The van der Waals surface area contributed by atoms with Crippen LogP contribution in [0.4, 0.5) is 10.6 Å². The number of piperidine rings is 1. The number of rotatable bonds is 5. The zero-order valence-corrected chi connectivity index (χ0v) is 19.1. The van der Waals surface area contributed by atoms with Crippen LogP contribution in [0.1, 0.15) is 81.9 Å². The highest BCUT2D eigenvalue weighted by molar-refractivity contribution is 5.69. The highest BCUT2D eigenvalue weighted by Gasteiger charge is 2.45. The molecule has 6 rings (SSSR count). The first kappa shape index (κ1) is 20.3. The number of fused-ring (bicyclic) bond motifs is 3. The van der Waals surface area contributed by atoms with Gasteiger partial charge < -0.3 is 20.3 Å². The second-order valence-corrected chi connectivity index (χ2v) is 10.4. The minimum atomic E-state index is -0.111. The number of hydrogen-bond donors (Lipinski definition) is 2. The molecule has 32 heavy (non-hydrogen) atoms. The summed E-state index contributed by atoms with van der Waals surface area (Å²) in [5.41, 5.74) is 3.38. The van der Waals surface area contributed by atoms with Crippen LogP contribution in [0, 0.1) is 0 Å². The van der Waals surface area contributed by atoms with Gasteiger partial charge in [0.1, 0.15) is 11.9 Å². The summed E-state index contributed by atoms with van der Waals surface area (Å²) in [5, 5.41) is 11.8. The molecule has 0 spiro atoms. The highest BCUT2D eigenvalue weighted by Crippen LogP contribution is 2.41. The molecule has 3 aliphatic heterocycles. The van der Waals surface area contributed by atoms with E-state index in [9.17, 15) is 4.79 Å². The smallest absolute Gasteiger partial charge is 0.410 e. The number of carbonyl (C=O) groups excluding carboxylic acids is 1. The van der Waals surface area contributed by atoms with Crippen molar-refractivity contribution in [1.82, 2.24) is 24.8 Å². The third-order valence-corrected chi connectivity index (χ3v) is 7.72. The predicted molar refractivity (Wildman–Crippen MR) is 122 cm³/mol. The summed E-state index contributed by atoms with van der Waals surface area (Å²) in [6.45, 7) is 6.11. The van der Waals surface area contributed by atoms with Crippen molar-refractivity contribution in [2.75, 3.05) is 18.4 Å². The van der Waals surface area contributed by atoms with E-state index in [2.05, 4.69) is 35.6 Å². The lowest BCUT2D eigenvalue weighted by atomic mass is 9.97. The Morgan fingerprint density at radius 2 is 1.97 bits per heavy atom. The molecule has 4 fully saturated rings. The Morgan fingerprint density at radius 1 is 1.19 bits per heavy atom. The summed E-state index contributed by atoms with van der Waals surface area (Å²) in [5.74, 6) is 2.03. The zero-order chi connectivity index (χ0) is 21.8. The third kappa shape index (κ3) is 3.62. The standard InChI is InChI=1S/C24H34N6O2/c1-14(2)20-13-26-30-22(11-21(15-3-4-15)28-23(20)30)27-16-9-17-5-6-18(10-16)29(17)24(31)32-19-7-8-25-12-19/h11,13-19,25,27H,3-10,12H2,1-2H3. The molecule has 0 radical (unpaired) electrons. The molecule has 1 aliphatic carbocycles. The molecule has 4 aliphatic rings. The van der Waals surface area contributed by atoms with Crippen molar-refractivity contribution in [3.63, 3.8) is 0 Å². The number of nitrogens with one attached hydrogen (secondary N) is 2. The molecule has 2 aromatic heterocycles. The second-order valence-electron chi connectivity index (χ2n) is 10.4. The summed E-state index contributed by atoms with van der Waals surface area (Å²) in [4.78, 5) is 19.9. The topological polar surface area (TPSA) is 83.8 Å². The Hall–Kier alpha value is -2.35. The van der Waals surface area contributed by atoms with Crippen LogP contribution in [0.25, 0.3) is 5.65 Å². The van der Waals surface area contributed by atoms with Crippen molar-refractivity contribution in [3.05, 3.63) is 23.5 Å². The van der Waals surface area contributed by atoms with E-state index in [1.54, 1.807) is 0 Å². The van der Waals surface area contributed by atoms with E-state index < -0.39 is 0 Å². The number of hydrogen-bond acceptors (Lipinski definition) is 6. The lowest BCUT2D eigenvalue weighted by Gasteiger charge is -2.39. The normalized spacial score (nSPS) is 29.8. The molecule has 2 aromatic rings. The lowest BCUT2D eigenvalue weighted by Crippen LogP contribution is -2.50. The number of aromatic nitrogens is 3. The van der Waals surface area contributed by atoms with Crippen molar-refractivity contribution >= 4 is 17.6 Å². The van der Waals surface area contributed by atoms with Crippen LogP contribution < -0.4 is 10.6 Å². The molecule has 2 N–H and O–H groups in total. The zero-order valence-electron chi connectivity index (χ0n) is 19.1. The minimum absolute atomic E-state index is 0.0265. The van der Waals surface area contributed by atoms with Gasteiger partial charge in [0, 0.05) is 47.9 Å². The molecule has 3 unspecified atom stereocenters. The maximum atomic E-state index is 12.9. The summed E-state index contributed by atoms with van der Waals surface area (Å²) >= 11 is 0. The van der Waals surface area contributed by atoms with Crippen LogP contribution in [0.15, 0.2) is 12.3 Å². The molecule has 1 saturated carbocycles. The van der Waals surface area contributed by atoms with Gasteiger partial charge in [-0.2, -0.15) is 9.61 Å². The second kappa shape index (κ2) is 7.90. The highest BCUT2D eigenvalue weighted by atomic mass is 16.6. The van der Waals surface area contributed by atoms with Crippen LogP contribution in [-0.2, 0) is 4.74 Å². The molecule has 0 aromatic carbocycles. The SMILES string of the molecule is CC(C)c1cnn2c(NC3CC4CCC(C3)N4C(=O)OC3CCNC3)cc(C3CC3)nc12. The molecular weight excluding hydrogens is 404 g/mol. The Bertz CT molecular complexity index is 995. The average molecular weight is 439 g/mol. The number of ether oxygens (including phenoxy) is 1. The average Bonchev–Trinajstić information content (AvgIpc) is 3.19. The first-order chi connectivity index (χ1) is 15.6. The minimum Gasteiger partial charge on any atom is -0.445 e. The molecule has 8 heteroatoms. The van der Waals surface area contributed by atoms with E-state index in [0.29, 0.717) is 17.9 Å². The fourth-order valence-electron chi connectivity index (χ4n) is 5.83. The van der Waals surface area contributed by atoms with Gasteiger partial charge in [0.2, 0.25) is 0 Å².